The zero-order valence-electron chi connectivity index (χ0n) is 13.3. The van der Waals surface area contributed by atoms with E-state index in [0.717, 1.165) is 16.9 Å². The maximum atomic E-state index is 12.2. The van der Waals surface area contributed by atoms with Gasteiger partial charge in [0.2, 0.25) is 5.91 Å². The van der Waals surface area contributed by atoms with Crippen LogP contribution in [-0.2, 0) is 11.2 Å². The van der Waals surface area contributed by atoms with Crippen LogP contribution in [0.1, 0.15) is 16.5 Å². The van der Waals surface area contributed by atoms with Crippen LogP contribution < -0.4 is 4.74 Å². The van der Waals surface area contributed by atoms with Gasteiger partial charge in [0.25, 0.3) is 0 Å². The number of carbonyl (C=O) groups excluding carboxylic acids is 1. The number of amides is 1. The minimum absolute atomic E-state index is 0.00545. The Morgan fingerprint density at radius 3 is 2.58 bits per heavy atom. The first-order valence-electron chi connectivity index (χ1n) is 7.64. The number of benzene rings is 2. The topological polar surface area (TPSA) is 70.0 Å². The van der Waals surface area contributed by atoms with E-state index in [-0.39, 0.29) is 22.8 Å². The molecule has 0 aromatic heterocycles. The molecule has 2 aromatic carbocycles. The number of aromatic hydroxyl groups is 2. The van der Waals surface area contributed by atoms with E-state index in [1.807, 2.05) is 29.2 Å². The molecule has 1 aliphatic heterocycles. The Kier molecular flexibility index (Phi) is 4.85. The average Bonchev–Trinajstić information content (AvgIpc) is 2.97. The van der Waals surface area contributed by atoms with Crippen LogP contribution in [0.25, 0.3) is 0 Å². The molecule has 0 saturated carbocycles. The maximum Gasteiger partial charge on any atom is 0.233 e. The van der Waals surface area contributed by atoms with Gasteiger partial charge in [0, 0.05) is 6.54 Å². The second-order valence-electron chi connectivity index (χ2n) is 5.60. The SMILES string of the molecule is COc1ccc(C2SCC(=O)N2CCc2ccc(O)c(O)c2)cc1. The molecule has 2 aromatic rings. The Morgan fingerprint density at radius 1 is 1.17 bits per heavy atom. The average molecular weight is 345 g/mol. The lowest BCUT2D eigenvalue weighted by molar-refractivity contribution is -0.128. The molecule has 1 aliphatic rings. The van der Waals surface area contributed by atoms with Crippen LogP contribution in [0.3, 0.4) is 0 Å². The van der Waals surface area contributed by atoms with Crippen molar-refractivity contribution in [3.05, 3.63) is 53.6 Å². The first kappa shape index (κ1) is 16.5. The zero-order valence-corrected chi connectivity index (χ0v) is 14.1. The number of nitrogens with zero attached hydrogens (tertiary/aromatic N) is 1. The molecule has 0 aliphatic carbocycles. The Labute approximate surface area is 144 Å². The van der Waals surface area contributed by atoms with Crippen LogP contribution >= 0.6 is 11.8 Å². The summed E-state index contributed by atoms with van der Waals surface area (Å²) in [6, 6.07) is 12.5. The molecule has 126 valence electrons. The number of phenols is 2. The summed E-state index contributed by atoms with van der Waals surface area (Å²) in [6.07, 6.45) is 0.618. The number of methoxy groups -OCH3 is 1. The van der Waals surface area contributed by atoms with Crippen molar-refractivity contribution in [1.82, 2.24) is 4.90 Å². The van der Waals surface area contributed by atoms with Gasteiger partial charge in [-0.2, -0.15) is 0 Å². The predicted molar refractivity (Wildman–Crippen MR) is 93.4 cm³/mol. The Bertz CT molecular complexity index is 732. The molecule has 1 fully saturated rings. The number of hydrogen-bond acceptors (Lipinski definition) is 5. The van der Waals surface area contributed by atoms with Gasteiger partial charge in [0.15, 0.2) is 11.5 Å². The van der Waals surface area contributed by atoms with E-state index >= 15 is 0 Å². The van der Waals surface area contributed by atoms with Crippen molar-refractivity contribution < 1.29 is 19.7 Å². The fourth-order valence-electron chi connectivity index (χ4n) is 2.71. The fourth-order valence-corrected chi connectivity index (χ4v) is 3.93. The molecule has 5 nitrogen and oxygen atoms in total. The number of ether oxygens (including phenoxy) is 1. The van der Waals surface area contributed by atoms with Crippen molar-refractivity contribution in [2.75, 3.05) is 19.4 Å². The van der Waals surface area contributed by atoms with Crippen LogP contribution in [0, 0.1) is 0 Å². The number of phenolic OH excluding ortho intramolecular Hbond substituents is 2. The quantitative estimate of drug-likeness (QED) is 0.816. The largest absolute Gasteiger partial charge is 0.504 e. The van der Waals surface area contributed by atoms with Crippen molar-refractivity contribution in [1.29, 1.82) is 0 Å². The molecule has 1 atom stereocenters. The summed E-state index contributed by atoms with van der Waals surface area (Å²) in [7, 11) is 1.63. The first-order chi connectivity index (χ1) is 11.6. The van der Waals surface area contributed by atoms with Crippen LogP contribution in [0.2, 0.25) is 0 Å². The number of thioether (sulfide) groups is 1. The molecule has 3 rings (SSSR count). The summed E-state index contributed by atoms with van der Waals surface area (Å²) < 4.78 is 5.17. The van der Waals surface area contributed by atoms with Gasteiger partial charge in [0.05, 0.1) is 12.9 Å². The molecule has 0 bridgehead atoms. The van der Waals surface area contributed by atoms with Gasteiger partial charge >= 0.3 is 0 Å². The lowest BCUT2D eigenvalue weighted by atomic mass is 10.1. The van der Waals surface area contributed by atoms with Gasteiger partial charge in [-0.15, -0.1) is 11.8 Å². The molecule has 1 heterocycles. The summed E-state index contributed by atoms with van der Waals surface area (Å²) in [6.45, 7) is 0.562. The molecule has 0 spiro atoms. The van der Waals surface area contributed by atoms with E-state index in [2.05, 4.69) is 0 Å². The summed E-state index contributed by atoms with van der Waals surface area (Å²) >= 11 is 1.61. The lowest BCUT2D eigenvalue weighted by Gasteiger charge is -2.24. The third kappa shape index (κ3) is 3.43. The van der Waals surface area contributed by atoms with E-state index < -0.39 is 0 Å². The second kappa shape index (κ2) is 7.05. The standard InChI is InChI=1S/C18H19NO4S/c1-23-14-5-3-13(4-6-14)18-19(17(22)11-24-18)9-8-12-2-7-15(20)16(21)10-12/h2-7,10,18,20-21H,8-9,11H2,1H3. The van der Waals surface area contributed by atoms with Crippen molar-refractivity contribution >= 4 is 17.7 Å². The van der Waals surface area contributed by atoms with Crippen LogP contribution in [-0.4, -0.2) is 40.4 Å². The molecule has 6 heteroatoms. The molecule has 1 unspecified atom stereocenters. The van der Waals surface area contributed by atoms with Crippen molar-refractivity contribution in [3.8, 4) is 17.2 Å². The van der Waals surface area contributed by atoms with Gasteiger partial charge < -0.3 is 19.8 Å². The summed E-state index contributed by atoms with van der Waals surface area (Å²) in [5.74, 6) is 1.10. The molecule has 0 radical (unpaired) electrons. The lowest BCUT2D eigenvalue weighted by Crippen LogP contribution is -2.30. The molecule has 2 N–H and O–H groups in total. The molecular weight excluding hydrogens is 326 g/mol. The summed E-state index contributed by atoms with van der Waals surface area (Å²) in [5, 5.41) is 18.9. The Balaban J connectivity index is 1.71. The van der Waals surface area contributed by atoms with Crippen LogP contribution in [0.4, 0.5) is 0 Å². The van der Waals surface area contributed by atoms with Crippen LogP contribution in [0.15, 0.2) is 42.5 Å². The van der Waals surface area contributed by atoms with Gasteiger partial charge in [-0.3, -0.25) is 4.79 Å². The number of carbonyl (C=O) groups is 1. The minimum atomic E-state index is -0.138. The fraction of sp³-hybridized carbons (Fsp3) is 0.278. The van der Waals surface area contributed by atoms with Gasteiger partial charge in [-0.25, -0.2) is 0 Å². The van der Waals surface area contributed by atoms with Gasteiger partial charge in [-0.1, -0.05) is 18.2 Å². The van der Waals surface area contributed by atoms with E-state index in [1.165, 1.54) is 12.1 Å². The van der Waals surface area contributed by atoms with Gasteiger partial charge in [-0.05, 0) is 41.8 Å². The molecule has 24 heavy (non-hydrogen) atoms. The monoisotopic (exact) mass is 345 g/mol. The van der Waals surface area contributed by atoms with E-state index in [0.29, 0.717) is 18.7 Å². The van der Waals surface area contributed by atoms with E-state index in [4.69, 9.17) is 4.74 Å². The third-order valence-electron chi connectivity index (χ3n) is 4.05. The van der Waals surface area contributed by atoms with Crippen molar-refractivity contribution in [3.63, 3.8) is 0 Å². The highest BCUT2D eigenvalue weighted by atomic mass is 32.2. The summed E-state index contributed by atoms with van der Waals surface area (Å²) in [5.41, 5.74) is 1.95. The number of rotatable bonds is 5. The Morgan fingerprint density at radius 2 is 1.92 bits per heavy atom. The van der Waals surface area contributed by atoms with Crippen LogP contribution in [0.5, 0.6) is 17.2 Å². The second-order valence-corrected chi connectivity index (χ2v) is 6.67. The third-order valence-corrected chi connectivity index (χ3v) is 5.31. The molecule has 1 saturated heterocycles. The van der Waals surface area contributed by atoms with Gasteiger partial charge in [0.1, 0.15) is 11.1 Å². The number of hydrogen-bond donors (Lipinski definition) is 2. The maximum absolute atomic E-state index is 12.2. The zero-order chi connectivity index (χ0) is 17.1. The van der Waals surface area contributed by atoms with Crippen molar-refractivity contribution in [2.24, 2.45) is 0 Å². The smallest absolute Gasteiger partial charge is 0.233 e. The molecular formula is C18H19NO4S. The van der Waals surface area contributed by atoms with E-state index in [1.54, 1.807) is 24.9 Å². The normalized spacial score (nSPS) is 17.3. The van der Waals surface area contributed by atoms with Crippen molar-refractivity contribution in [2.45, 2.75) is 11.8 Å². The Hall–Kier alpha value is -2.34. The molecule has 1 amide bonds. The highest BCUT2D eigenvalue weighted by Crippen LogP contribution is 2.39. The highest BCUT2D eigenvalue weighted by Gasteiger charge is 2.32. The highest BCUT2D eigenvalue weighted by molar-refractivity contribution is 8.00. The van der Waals surface area contributed by atoms with E-state index in [9.17, 15) is 15.0 Å². The first-order valence-corrected chi connectivity index (χ1v) is 8.69. The predicted octanol–water partition coefficient (Wildman–Crippen LogP) is 2.92. The minimum Gasteiger partial charge on any atom is -0.504 e. The summed E-state index contributed by atoms with van der Waals surface area (Å²) in [4.78, 5) is 14.1.